The second-order valence-corrected chi connectivity index (χ2v) is 5.69. The highest BCUT2D eigenvalue weighted by molar-refractivity contribution is 6.28. The minimum atomic E-state index is -0.480. The maximum Gasteiger partial charge on any atom is 0.223 e. The number of nitrogens with zero attached hydrogens (tertiary/aromatic N) is 2. The molecule has 0 spiro atoms. The van der Waals surface area contributed by atoms with Crippen LogP contribution in [-0.2, 0) is 0 Å². The summed E-state index contributed by atoms with van der Waals surface area (Å²) in [5, 5.41) is 0.879. The first-order chi connectivity index (χ1) is 12.1. The van der Waals surface area contributed by atoms with Gasteiger partial charge in [-0.3, -0.25) is 0 Å². The molecule has 0 saturated heterocycles. The van der Waals surface area contributed by atoms with E-state index in [2.05, 4.69) is 9.97 Å². The van der Waals surface area contributed by atoms with Crippen molar-refractivity contribution in [2.24, 2.45) is 5.73 Å². The maximum atomic E-state index is 6.44. The van der Waals surface area contributed by atoms with Crippen LogP contribution in [0.1, 0.15) is 17.3 Å². The number of fused-ring (bicyclic) bond motifs is 1. The standard InChI is InChI=1S/C18H18ClN3O3/c1-23-11-6-4-10(5-7-11)16(20)17-12-8-14(24-2)15(25-3)9-13(12)21-18(19)22-17/h4-9,16H,20H2,1-3H3. The Morgan fingerprint density at radius 2 is 1.56 bits per heavy atom. The van der Waals surface area contributed by atoms with Crippen molar-refractivity contribution >= 4 is 22.5 Å². The number of hydrogen-bond acceptors (Lipinski definition) is 6. The number of nitrogens with two attached hydrogens (primary N) is 1. The van der Waals surface area contributed by atoms with Crippen LogP contribution in [0.2, 0.25) is 5.28 Å². The molecule has 7 heteroatoms. The first kappa shape index (κ1) is 17.3. The molecular formula is C18H18ClN3O3. The van der Waals surface area contributed by atoms with Gasteiger partial charge in [-0.05, 0) is 35.4 Å². The van der Waals surface area contributed by atoms with Gasteiger partial charge in [-0.25, -0.2) is 9.97 Å². The quantitative estimate of drug-likeness (QED) is 0.704. The smallest absolute Gasteiger partial charge is 0.223 e. The average Bonchev–Trinajstić information content (AvgIpc) is 2.65. The number of halogens is 1. The van der Waals surface area contributed by atoms with Gasteiger partial charge in [-0.2, -0.15) is 0 Å². The molecule has 0 bridgehead atoms. The lowest BCUT2D eigenvalue weighted by Gasteiger charge is -2.16. The molecule has 1 heterocycles. The largest absolute Gasteiger partial charge is 0.497 e. The van der Waals surface area contributed by atoms with E-state index in [9.17, 15) is 0 Å². The normalized spacial score (nSPS) is 12.0. The number of rotatable bonds is 5. The van der Waals surface area contributed by atoms with Crippen molar-refractivity contribution < 1.29 is 14.2 Å². The summed E-state index contributed by atoms with van der Waals surface area (Å²) in [4.78, 5) is 8.62. The van der Waals surface area contributed by atoms with Crippen LogP contribution >= 0.6 is 11.6 Å². The molecular weight excluding hydrogens is 342 g/mol. The predicted octanol–water partition coefficient (Wildman–Crippen LogP) is 3.36. The summed E-state index contributed by atoms with van der Waals surface area (Å²) in [5.74, 6) is 1.89. The molecule has 1 atom stereocenters. The zero-order chi connectivity index (χ0) is 18.0. The molecule has 0 aliphatic heterocycles. The van der Waals surface area contributed by atoms with Crippen molar-refractivity contribution in [3.63, 3.8) is 0 Å². The molecule has 0 fully saturated rings. The van der Waals surface area contributed by atoms with E-state index >= 15 is 0 Å². The van der Waals surface area contributed by atoms with Gasteiger partial charge >= 0.3 is 0 Å². The van der Waals surface area contributed by atoms with Gasteiger partial charge in [-0.1, -0.05) is 12.1 Å². The SMILES string of the molecule is COc1ccc(C(N)c2nc(Cl)nc3cc(OC)c(OC)cc23)cc1. The molecule has 3 aromatic rings. The molecule has 0 amide bonds. The van der Waals surface area contributed by atoms with Crippen molar-refractivity contribution in [1.82, 2.24) is 9.97 Å². The molecule has 1 unspecified atom stereocenters. The van der Waals surface area contributed by atoms with E-state index in [-0.39, 0.29) is 5.28 Å². The monoisotopic (exact) mass is 359 g/mol. The van der Waals surface area contributed by atoms with Gasteiger partial charge in [0.15, 0.2) is 11.5 Å². The van der Waals surface area contributed by atoms with Crippen LogP contribution in [-0.4, -0.2) is 31.3 Å². The predicted molar refractivity (Wildman–Crippen MR) is 96.7 cm³/mol. The fraction of sp³-hybridized carbons (Fsp3) is 0.222. The zero-order valence-corrected chi connectivity index (χ0v) is 14.9. The summed E-state index contributed by atoms with van der Waals surface area (Å²) in [5.41, 5.74) is 8.57. The number of benzene rings is 2. The molecule has 1 aromatic heterocycles. The minimum absolute atomic E-state index is 0.124. The van der Waals surface area contributed by atoms with Crippen LogP contribution in [0, 0.1) is 0 Å². The fourth-order valence-electron chi connectivity index (χ4n) is 2.66. The lowest BCUT2D eigenvalue weighted by Crippen LogP contribution is -2.15. The third-order valence-corrected chi connectivity index (χ3v) is 4.14. The molecule has 0 aliphatic rings. The van der Waals surface area contributed by atoms with E-state index in [1.807, 2.05) is 30.3 Å². The van der Waals surface area contributed by atoms with Crippen LogP contribution < -0.4 is 19.9 Å². The Kier molecular flexibility index (Phi) is 4.92. The van der Waals surface area contributed by atoms with E-state index in [1.54, 1.807) is 27.4 Å². The summed E-state index contributed by atoms with van der Waals surface area (Å²) in [6.07, 6.45) is 0. The van der Waals surface area contributed by atoms with Gasteiger partial charge in [0.25, 0.3) is 0 Å². The van der Waals surface area contributed by atoms with E-state index in [4.69, 9.17) is 31.5 Å². The molecule has 0 saturated carbocycles. The van der Waals surface area contributed by atoms with E-state index in [0.29, 0.717) is 22.7 Å². The van der Waals surface area contributed by atoms with Gasteiger partial charge in [-0.15, -0.1) is 0 Å². The van der Waals surface area contributed by atoms with Crippen molar-refractivity contribution in [3.05, 3.63) is 52.9 Å². The Hall–Kier alpha value is -2.57. The fourth-order valence-corrected chi connectivity index (χ4v) is 2.84. The number of ether oxygens (including phenoxy) is 3. The van der Waals surface area contributed by atoms with E-state index < -0.39 is 6.04 Å². The summed E-state index contributed by atoms with van der Waals surface area (Å²) < 4.78 is 15.9. The van der Waals surface area contributed by atoms with Crippen LogP contribution in [0.15, 0.2) is 36.4 Å². The summed E-state index contributed by atoms with van der Waals surface area (Å²) >= 11 is 6.10. The van der Waals surface area contributed by atoms with Crippen molar-refractivity contribution in [1.29, 1.82) is 0 Å². The van der Waals surface area contributed by atoms with Crippen LogP contribution in [0.5, 0.6) is 17.2 Å². The Balaban J connectivity index is 2.16. The number of methoxy groups -OCH3 is 3. The minimum Gasteiger partial charge on any atom is -0.497 e. The highest BCUT2D eigenvalue weighted by Gasteiger charge is 2.18. The highest BCUT2D eigenvalue weighted by Crippen LogP contribution is 2.35. The van der Waals surface area contributed by atoms with Crippen molar-refractivity contribution in [3.8, 4) is 17.2 Å². The average molecular weight is 360 g/mol. The molecule has 0 radical (unpaired) electrons. The second-order valence-electron chi connectivity index (χ2n) is 5.35. The Morgan fingerprint density at radius 1 is 0.920 bits per heavy atom. The lowest BCUT2D eigenvalue weighted by atomic mass is 10.0. The van der Waals surface area contributed by atoms with Gasteiger partial charge in [0.1, 0.15) is 5.75 Å². The molecule has 25 heavy (non-hydrogen) atoms. The highest BCUT2D eigenvalue weighted by atomic mass is 35.5. The van der Waals surface area contributed by atoms with Gasteiger partial charge in [0.05, 0.1) is 38.6 Å². The van der Waals surface area contributed by atoms with E-state index in [0.717, 1.165) is 16.7 Å². The number of hydrogen-bond donors (Lipinski definition) is 1. The zero-order valence-electron chi connectivity index (χ0n) is 14.1. The Morgan fingerprint density at radius 3 is 2.16 bits per heavy atom. The van der Waals surface area contributed by atoms with Crippen LogP contribution in [0.25, 0.3) is 10.9 Å². The molecule has 6 nitrogen and oxygen atoms in total. The Labute approximate surface area is 150 Å². The first-order valence-electron chi connectivity index (χ1n) is 7.56. The second kappa shape index (κ2) is 7.13. The molecule has 0 aliphatic carbocycles. The molecule has 3 rings (SSSR count). The van der Waals surface area contributed by atoms with E-state index in [1.165, 1.54) is 0 Å². The van der Waals surface area contributed by atoms with Gasteiger partial charge < -0.3 is 19.9 Å². The summed E-state index contributed by atoms with van der Waals surface area (Å²) in [6, 6.07) is 10.6. The Bertz CT molecular complexity index is 900. The topological polar surface area (TPSA) is 79.5 Å². The van der Waals surface area contributed by atoms with Crippen LogP contribution in [0.3, 0.4) is 0 Å². The maximum absolute atomic E-state index is 6.44. The van der Waals surface area contributed by atoms with Gasteiger partial charge in [0, 0.05) is 11.5 Å². The summed E-state index contributed by atoms with van der Waals surface area (Å²) in [6.45, 7) is 0. The van der Waals surface area contributed by atoms with Crippen LogP contribution in [0.4, 0.5) is 0 Å². The third kappa shape index (κ3) is 3.31. The lowest BCUT2D eigenvalue weighted by molar-refractivity contribution is 0.355. The number of aromatic nitrogens is 2. The molecule has 130 valence electrons. The van der Waals surface area contributed by atoms with Crippen molar-refractivity contribution in [2.45, 2.75) is 6.04 Å². The molecule has 2 N–H and O–H groups in total. The van der Waals surface area contributed by atoms with Crippen molar-refractivity contribution in [2.75, 3.05) is 21.3 Å². The first-order valence-corrected chi connectivity index (χ1v) is 7.94. The molecule has 2 aromatic carbocycles. The third-order valence-electron chi connectivity index (χ3n) is 3.97. The van der Waals surface area contributed by atoms with Gasteiger partial charge in [0.2, 0.25) is 5.28 Å². The summed E-state index contributed by atoms with van der Waals surface area (Å²) in [7, 11) is 4.76.